The molecule has 1 aromatic carbocycles. The normalized spacial score (nSPS) is 9.56. The highest BCUT2D eigenvalue weighted by molar-refractivity contribution is 5.91. The average molecular weight is 247 g/mol. The number of nitrogens with two attached hydrogens (primary N) is 1. The summed E-state index contributed by atoms with van der Waals surface area (Å²) in [6, 6.07) is 4.80. The smallest absolute Gasteiger partial charge is 0.339 e. The summed E-state index contributed by atoms with van der Waals surface area (Å²) in [7, 11) is 0. The molecular weight excluding hydrogens is 230 g/mol. The van der Waals surface area contributed by atoms with E-state index in [-0.39, 0.29) is 6.61 Å². The summed E-state index contributed by atoms with van der Waals surface area (Å²) in [4.78, 5) is 11.5. The Labute approximate surface area is 107 Å². The molecule has 4 nitrogen and oxygen atoms in total. The SMILES string of the molecule is C#CCOC(=O)c1ccc(OCCCC)c(N)c1. The van der Waals surface area contributed by atoms with Crippen LogP contribution in [0.15, 0.2) is 18.2 Å². The number of carbonyl (C=O) groups excluding carboxylic acids is 1. The number of benzene rings is 1. The van der Waals surface area contributed by atoms with Gasteiger partial charge in [-0.1, -0.05) is 19.3 Å². The third-order valence-electron chi connectivity index (χ3n) is 2.29. The number of hydrogen-bond donors (Lipinski definition) is 1. The van der Waals surface area contributed by atoms with Crippen molar-refractivity contribution >= 4 is 11.7 Å². The zero-order chi connectivity index (χ0) is 13.4. The Hall–Kier alpha value is -2.15. The van der Waals surface area contributed by atoms with Crippen LogP contribution in [0.2, 0.25) is 0 Å². The highest BCUT2D eigenvalue weighted by Crippen LogP contribution is 2.23. The van der Waals surface area contributed by atoms with Crippen molar-refractivity contribution in [2.45, 2.75) is 19.8 Å². The molecule has 0 bridgehead atoms. The predicted octanol–water partition coefficient (Wildman–Crippen LogP) is 2.24. The Balaban J connectivity index is 2.67. The van der Waals surface area contributed by atoms with Gasteiger partial charge in [0.05, 0.1) is 17.9 Å². The van der Waals surface area contributed by atoms with Gasteiger partial charge in [-0.2, -0.15) is 0 Å². The summed E-state index contributed by atoms with van der Waals surface area (Å²) in [6.45, 7) is 2.65. The second-order valence-electron chi connectivity index (χ2n) is 3.73. The molecule has 1 rings (SSSR count). The lowest BCUT2D eigenvalue weighted by molar-refractivity contribution is 0.0557. The number of terminal acetylenes is 1. The molecule has 1 aromatic rings. The topological polar surface area (TPSA) is 61.5 Å². The fraction of sp³-hybridized carbons (Fsp3) is 0.357. The molecule has 0 unspecified atom stereocenters. The maximum atomic E-state index is 11.5. The van der Waals surface area contributed by atoms with Crippen molar-refractivity contribution in [1.29, 1.82) is 0 Å². The van der Waals surface area contributed by atoms with E-state index in [9.17, 15) is 4.79 Å². The average Bonchev–Trinajstić information content (AvgIpc) is 2.38. The Morgan fingerprint density at radius 3 is 2.89 bits per heavy atom. The van der Waals surface area contributed by atoms with Crippen LogP contribution >= 0.6 is 0 Å². The van der Waals surface area contributed by atoms with E-state index in [1.807, 2.05) is 0 Å². The number of unbranched alkanes of at least 4 members (excludes halogenated alkanes) is 1. The van der Waals surface area contributed by atoms with Gasteiger partial charge >= 0.3 is 5.97 Å². The summed E-state index contributed by atoms with van der Waals surface area (Å²) in [5.74, 6) is 2.32. The molecule has 0 saturated carbocycles. The van der Waals surface area contributed by atoms with Crippen LogP contribution in [0.3, 0.4) is 0 Å². The molecule has 2 N–H and O–H groups in total. The van der Waals surface area contributed by atoms with Crippen molar-refractivity contribution in [2.24, 2.45) is 0 Å². The van der Waals surface area contributed by atoms with Crippen molar-refractivity contribution in [2.75, 3.05) is 18.9 Å². The first kappa shape index (κ1) is 13.9. The molecule has 0 fully saturated rings. The zero-order valence-corrected chi connectivity index (χ0v) is 10.4. The molecule has 0 aliphatic rings. The van der Waals surface area contributed by atoms with E-state index in [4.69, 9.17) is 21.6 Å². The van der Waals surface area contributed by atoms with Gasteiger partial charge in [-0.05, 0) is 24.6 Å². The van der Waals surface area contributed by atoms with Gasteiger partial charge in [0, 0.05) is 0 Å². The minimum atomic E-state index is -0.486. The molecule has 0 heterocycles. The fourth-order valence-electron chi connectivity index (χ4n) is 1.32. The third-order valence-corrected chi connectivity index (χ3v) is 2.29. The van der Waals surface area contributed by atoms with Crippen LogP contribution in [0.25, 0.3) is 0 Å². The van der Waals surface area contributed by atoms with Gasteiger partial charge in [-0.15, -0.1) is 6.42 Å². The van der Waals surface area contributed by atoms with Crippen molar-refractivity contribution < 1.29 is 14.3 Å². The molecular formula is C14H17NO3. The molecule has 4 heteroatoms. The van der Waals surface area contributed by atoms with Crippen molar-refractivity contribution in [1.82, 2.24) is 0 Å². The summed E-state index contributed by atoms with van der Waals surface area (Å²) >= 11 is 0. The van der Waals surface area contributed by atoms with E-state index in [1.165, 1.54) is 6.07 Å². The van der Waals surface area contributed by atoms with E-state index >= 15 is 0 Å². The Morgan fingerprint density at radius 1 is 1.50 bits per heavy atom. The van der Waals surface area contributed by atoms with E-state index in [0.717, 1.165) is 12.8 Å². The van der Waals surface area contributed by atoms with Crippen molar-refractivity contribution in [3.05, 3.63) is 23.8 Å². The molecule has 18 heavy (non-hydrogen) atoms. The van der Waals surface area contributed by atoms with Crippen LogP contribution in [-0.2, 0) is 4.74 Å². The molecule has 0 radical (unpaired) electrons. The minimum Gasteiger partial charge on any atom is -0.491 e. The number of anilines is 1. The van der Waals surface area contributed by atoms with Gasteiger partial charge in [0.1, 0.15) is 5.75 Å². The van der Waals surface area contributed by atoms with Crippen LogP contribution < -0.4 is 10.5 Å². The summed E-state index contributed by atoms with van der Waals surface area (Å²) in [5, 5.41) is 0. The highest BCUT2D eigenvalue weighted by atomic mass is 16.5. The first-order chi connectivity index (χ1) is 8.69. The van der Waals surface area contributed by atoms with E-state index in [1.54, 1.807) is 12.1 Å². The second-order valence-corrected chi connectivity index (χ2v) is 3.73. The maximum absolute atomic E-state index is 11.5. The molecule has 0 atom stereocenters. The Morgan fingerprint density at radius 2 is 2.28 bits per heavy atom. The monoisotopic (exact) mass is 247 g/mol. The second kappa shape index (κ2) is 7.23. The lowest BCUT2D eigenvalue weighted by Gasteiger charge is -2.09. The quantitative estimate of drug-likeness (QED) is 0.362. The summed E-state index contributed by atoms with van der Waals surface area (Å²) < 4.78 is 10.3. The number of esters is 1. The van der Waals surface area contributed by atoms with Gasteiger partial charge in [-0.25, -0.2) is 4.79 Å². The zero-order valence-electron chi connectivity index (χ0n) is 10.4. The number of nitrogen functional groups attached to an aromatic ring is 1. The predicted molar refractivity (Wildman–Crippen MR) is 70.4 cm³/mol. The van der Waals surface area contributed by atoms with Crippen molar-refractivity contribution in [3.63, 3.8) is 0 Å². The van der Waals surface area contributed by atoms with Crippen LogP contribution in [0.4, 0.5) is 5.69 Å². The van der Waals surface area contributed by atoms with Gasteiger partial charge in [0.2, 0.25) is 0 Å². The lowest BCUT2D eigenvalue weighted by Crippen LogP contribution is -2.07. The summed E-state index contributed by atoms with van der Waals surface area (Å²) in [5.41, 5.74) is 6.58. The van der Waals surface area contributed by atoms with E-state index in [0.29, 0.717) is 23.6 Å². The minimum absolute atomic E-state index is 0.0481. The van der Waals surface area contributed by atoms with Crippen LogP contribution in [0.5, 0.6) is 5.75 Å². The molecule has 0 aromatic heterocycles. The molecule has 0 saturated heterocycles. The standard InChI is InChI=1S/C14H17NO3/c1-3-5-9-17-13-7-6-11(10-12(13)15)14(16)18-8-4-2/h2,6-7,10H,3,5,8-9,15H2,1H3. The Kier molecular flexibility index (Phi) is 5.59. The van der Waals surface area contributed by atoms with Gasteiger partial charge in [-0.3, -0.25) is 0 Å². The maximum Gasteiger partial charge on any atom is 0.339 e. The number of hydrogen-bond acceptors (Lipinski definition) is 4. The Bertz CT molecular complexity index is 449. The highest BCUT2D eigenvalue weighted by Gasteiger charge is 2.09. The number of ether oxygens (including phenoxy) is 2. The fourth-order valence-corrected chi connectivity index (χ4v) is 1.32. The van der Waals surface area contributed by atoms with Crippen LogP contribution in [0.1, 0.15) is 30.1 Å². The summed E-state index contributed by atoms with van der Waals surface area (Å²) in [6.07, 6.45) is 7.02. The largest absolute Gasteiger partial charge is 0.491 e. The van der Waals surface area contributed by atoms with Gasteiger partial charge in [0.25, 0.3) is 0 Å². The van der Waals surface area contributed by atoms with E-state index < -0.39 is 5.97 Å². The molecule has 0 amide bonds. The first-order valence-corrected chi connectivity index (χ1v) is 5.82. The molecule has 0 aliphatic carbocycles. The lowest BCUT2D eigenvalue weighted by atomic mass is 10.2. The van der Waals surface area contributed by atoms with Crippen molar-refractivity contribution in [3.8, 4) is 18.1 Å². The van der Waals surface area contributed by atoms with Gasteiger partial charge in [0.15, 0.2) is 6.61 Å². The molecule has 96 valence electrons. The molecule has 0 aliphatic heterocycles. The van der Waals surface area contributed by atoms with Crippen LogP contribution in [0, 0.1) is 12.3 Å². The van der Waals surface area contributed by atoms with Gasteiger partial charge < -0.3 is 15.2 Å². The van der Waals surface area contributed by atoms with E-state index in [2.05, 4.69) is 12.8 Å². The first-order valence-electron chi connectivity index (χ1n) is 5.82. The number of rotatable bonds is 6. The van der Waals surface area contributed by atoms with Crippen LogP contribution in [-0.4, -0.2) is 19.2 Å². The number of carbonyl (C=O) groups is 1. The third kappa shape index (κ3) is 4.02. The molecule has 0 spiro atoms.